The number of fused-ring (bicyclic) bond motifs is 6. The second-order valence-corrected chi connectivity index (χ2v) is 11.5. The molecule has 45 heavy (non-hydrogen) atoms. The normalized spacial score (nSPS) is 12.6. The average Bonchev–Trinajstić information content (AvgIpc) is 3.72. The molecule has 4 heteroatoms. The number of furan rings is 1. The van der Waals surface area contributed by atoms with Gasteiger partial charge >= 0.3 is 0 Å². The summed E-state index contributed by atoms with van der Waals surface area (Å²) in [6.45, 7) is 0. The maximum Gasteiger partial charge on any atom is 0.227 e. The first-order valence-electron chi connectivity index (χ1n) is 15.4. The van der Waals surface area contributed by atoms with E-state index in [4.69, 9.17) is 13.8 Å². The number of hydrogen-bond acceptors (Lipinski definition) is 4. The van der Waals surface area contributed by atoms with Gasteiger partial charge in [-0.25, -0.2) is 4.98 Å². The molecule has 6 aromatic carbocycles. The third kappa shape index (κ3) is 4.34. The molecular weight excluding hydrogens is 552 g/mol. The molecule has 0 N–H and O–H groups in total. The van der Waals surface area contributed by atoms with Crippen molar-refractivity contribution in [2.24, 2.45) is 0 Å². The zero-order valence-corrected chi connectivity index (χ0v) is 24.5. The second kappa shape index (κ2) is 10.4. The fourth-order valence-corrected chi connectivity index (χ4v) is 6.60. The van der Waals surface area contributed by atoms with Crippen LogP contribution in [0.1, 0.15) is 17.7 Å². The van der Waals surface area contributed by atoms with Gasteiger partial charge in [0.1, 0.15) is 16.9 Å². The third-order valence-electron chi connectivity index (χ3n) is 8.78. The number of aryl methyl sites for hydroxylation is 1. The van der Waals surface area contributed by atoms with Crippen LogP contribution < -0.4 is 4.90 Å². The van der Waals surface area contributed by atoms with Crippen LogP contribution in [0.15, 0.2) is 148 Å². The van der Waals surface area contributed by atoms with Gasteiger partial charge in [0.05, 0.1) is 5.69 Å². The molecular formula is C41H28N2O2. The largest absolute Gasteiger partial charge is 0.456 e. The molecule has 1 aliphatic carbocycles. The van der Waals surface area contributed by atoms with E-state index in [9.17, 15) is 0 Å². The number of benzene rings is 6. The number of rotatable bonds is 5. The van der Waals surface area contributed by atoms with Gasteiger partial charge in [-0.15, -0.1) is 0 Å². The number of anilines is 3. The van der Waals surface area contributed by atoms with Gasteiger partial charge < -0.3 is 13.7 Å². The van der Waals surface area contributed by atoms with E-state index in [0.717, 1.165) is 68.7 Å². The minimum absolute atomic E-state index is 0.626. The molecule has 0 spiro atoms. The molecule has 0 fully saturated rings. The zero-order valence-electron chi connectivity index (χ0n) is 24.5. The summed E-state index contributed by atoms with van der Waals surface area (Å²) in [4.78, 5) is 7.33. The zero-order chi connectivity index (χ0) is 29.7. The minimum Gasteiger partial charge on any atom is -0.456 e. The maximum absolute atomic E-state index is 6.24. The van der Waals surface area contributed by atoms with Crippen LogP contribution in [0.2, 0.25) is 0 Å². The summed E-state index contributed by atoms with van der Waals surface area (Å²) >= 11 is 0. The minimum atomic E-state index is 0.626. The van der Waals surface area contributed by atoms with E-state index in [0.29, 0.717) is 5.89 Å². The van der Waals surface area contributed by atoms with E-state index in [1.807, 2.05) is 36.4 Å². The van der Waals surface area contributed by atoms with Gasteiger partial charge in [-0.2, -0.15) is 0 Å². The topological polar surface area (TPSA) is 42.4 Å². The maximum atomic E-state index is 6.24. The van der Waals surface area contributed by atoms with Crippen LogP contribution in [0.4, 0.5) is 17.1 Å². The van der Waals surface area contributed by atoms with Crippen molar-refractivity contribution in [2.45, 2.75) is 12.8 Å². The van der Waals surface area contributed by atoms with E-state index in [2.05, 4.69) is 114 Å². The van der Waals surface area contributed by atoms with Crippen LogP contribution in [0.3, 0.4) is 0 Å². The Morgan fingerprint density at radius 1 is 0.556 bits per heavy atom. The fourth-order valence-electron chi connectivity index (χ4n) is 6.60. The average molecular weight is 581 g/mol. The summed E-state index contributed by atoms with van der Waals surface area (Å²) in [7, 11) is 0. The van der Waals surface area contributed by atoms with Crippen LogP contribution in [0, 0.1) is 0 Å². The highest BCUT2D eigenvalue weighted by molar-refractivity contribution is 6.10. The van der Waals surface area contributed by atoms with Gasteiger partial charge in [0, 0.05) is 38.7 Å². The highest BCUT2D eigenvalue weighted by atomic mass is 16.3. The van der Waals surface area contributed by atoms with Crippen molar-refractivity contribution in [3.8, 4) is 22.6 Å². The van der Waals surface area contributed by atoms with Crippen molar-refractivity contribution < 1.29 is 8.83 Å². The first kappa shape index (κ1) is 25.6. The summed E-state index contributed by atoms with van der Waals surface area (Å²) in [6, 6.07) is 46.6. The molecule has 9 rings (SSSR count). The second-order valence-electron chi connectivity index (χ2n) is 11.5. The lowest BCUT2D eigenvalue weighted by molar-refractivity contribution is 0.595. The highest BCUT2D eigenvalue weighted by Gasteiger charge is 2.21. The van der Waals surface area contributed by atoms with Gasteiger partial charge in [-0.1, -0.05) is 78.9 Å². The third-order valence-corrected chi connectivity index (χ3v) is 8.78. The van der Waals surface area contributed by atoms with E-state index >= 15 is 0 Å². The first-order chi connectivity index (χ1) is 22.3. The molecule has 0 aliphatic heterocycles. The Morgan fingerprint density at radius 2 is 1.29 bits per heavy atom. The predicted molar refractivity (Wildman–Crippen MR) is 184 cm³/mol. The van der Waals surface area contributed by atoms with Crippen LogP contribution >= 0.6 is 0 Å². The number of hydrogen-bond donors (Lipinski definition) is 0. The van der Waals surface area contributed by atoms with Crippen LogP contribution in [0.5, 0.6) is 0 Å². The molecule has 0 bridgehead atoms. The molecule has 0 unspecified atom stereocenters. The SMILES string of the molecule is C1=Cc2oc3ccc(N(c4ccc(-c5ccccc5)cc4)c4cccc5c4ccc4oc(-c6ccccc6)nc45)cc3c2CC1. The summed E-state index contributed by atoms with van der Waals surface area (Å²) < 4.78 is 12.5. The number of nitrogens with zero attached hydrogens (tertiary/aromatic N) is 2. The van der Waals surface area contributed by atoms with Crippen molar-refractivity contribution in [1.29, 1.82) is 0 Å². The Hall–Kier alpha value is -5.87. The molecule has 8 aromatic rings. The molecule has 1 aliphatic rings. The lowest BCUT2D eigenvalue weighted by Gasteiger charge is -2.27. The van der Waals surface area contributed by atoms with Crippen molar-refractivity contribution in [1.82, 2.24) is 4.98 Å². The molecule has 0 amide bonds. The van der Waals surface area contributed by atoms with Crippen LogP contribution in [-0.2, 0) is 6.42 Å². The smallest absolute Gasteiger partial charge is 0.227 e. The molecule has 0 atom stereocenters. The molecule has 214 valence electrons. The van der Waals surface area contributed by atoms with Gasteiger partial charge in [0.15, 0.2) is 5.58 Å². The monoisotopic (exact) mass is 580 g/mol. The summed E-state index contributed by atoms with van der Waals surface area (Å²) in [5, 5.41) is 3.32. The van der Waals surface area contributed by atoms with Crippen molar-refractivity contribution in [2.75, 3.05) is 4.90 Å². The van der Waals surface area contributed by atoms with Crippen molar-refractivity contribution in [3.63, 3.8) is 0 Å². The summed E-state index contributed by atoms with van der Waals surface area (Å²) in [5.41, 5.74) is 10.4. The van der Waals surface area contributed by atoms with E-state index in [1.165, 1.54) is 22.1 Å². The summed E-state index contributed by atoms with van der Waals surface area (Å²) in [6.07, 6.45) is 6.31. The lowest BCUT2D eigenvalue weighted by Crippen LogP contribution is -2.10. The van der Waals surface area contributed by atoms with Crippen LogP contribution in [-0.4, -0.2) is 4.98 Å². The summed E-state index contributed by atoms with van der Waals surface area (Å²) in [5.74, 6) is 1.60. The molecule has 0 radical (unpaired) electrons. The van der Waals surface area contributed by atoms with E-state index in [1.54, 1.807) is 0 Å². The Bertz CT molecular complexity index is 2370. The Kier molecular flexibility index (Phi) is 5.91. The number of oxazole rings is 1. The van der Waals surface area contributed by atoms with Crippen LogP contribution in [0.25, 0.3) is 61.5 Å². The Morgan fingerprint density at radius 3 is 2.11 bits per heavy atom. The fraction of sp³-hybridized carbons (Fsp3) is 0.0488. The van der Waals surface area contributed by atoms with Gasteiger partial charge in [-0.3, -0.25) is 0 Å². The van der Waals surface area contributed by atoms with E-state index < -0.39 is 0 Å². The molecule has 2 aromatic heterocycles. The Labute approximate surface area is 260 Å². The molecule has 0 saturated carbocycles. The van der Waals surface area contributed by atoms with Gasteiger partial charge in [0.25, 0.3) is 0 Å². The molecule has 2 heterocycles. The lowest BCUT2D eigenvalue weighted by atomic mass is 10.00. The predicted octanol–water partition coefficient (Wildman–Crippen LogP) is 11.5. The first-order valence-corrected chi connectivity index (χ1v) is 15.4. The number of allylic oxidation sites excluding steroid dienone is 1. The molecule has 0 saturated heterocycles. The van der Waals surface area contributed by atoms with E-state index in [-0.39, 0.29) is 0 Å². The van der Waals surface area contributed by atoms with Crippen molar-refractivity contribution >= 4 is 56.0 Å². The quantitative estimate of drug-likeness (QED) is 0.203. The standard InChI is InChI=1S/C41H28N2O2/c1-3-10-27(11-4-1)28-18-20-30(21-19-28)43(31-22-24-38-35(26-31)33-14-7-8-17-37(33)44-38)36-16-9-15-34-32(36)23-25-39-40(34)42-41(45-39)29-12-5-2-6-13-29/h1-6,8-13,15-26H,7,14H2. The molecule has 4 nitrogen and oxygen atoms in total. The van der Waals surface area contributed by atoms with Gasteiger partial charge in [0.2, 0.25) is 5.89 Å². The number of aromatic nitrogens is 1. The highest BCUT2D eigenvalue weighted by Crippen LogP contribution is 2.43. The van der Waals surface area contributed by atoms with Gasteiger partial charge in [-0.05, 0) is 90.7 Å². The Balaban J connectivity index is 1.24. The van der Waals surface area contributed by atoms with Crippen molar-refractivity contribution in [3.05, 3.63) is 151 Å².